The predicted octanol–water partition coefficient (Wildman–Crippen LogP) is 2.85. The lowest BCUT2D eigenvalue weighted by atomic mass is 10.2. The molecule has 10 nitrogen and oxygen atoms in total. The van der Waals surface area contributed by atoms with Crippen molar-refractivity contribution in [1.29, 1.82) is 0 Å². The minimum Gasteiger partial charge on any atom is -0.411 e. The van der Waals surface area contributed by atoms with E-state index in [1.807, 2.05) is 13.0 Å². The van der Waals surface area contributed by atoms with Crippen LogP contribution in [-0.2, 0) is 14.8 Å². The highest BCUT2D eigenvalue weighted by molar-refractivity contribution is 7.99. The Bertz CT molecular complexity index is 1490. The first-order chi connectivity index (χ1) is 16.4. The number of benzene rings is 2. The van der Waals surface area contributed by atoms with E-state index in [9.17, 15) is 13.2 Å². The zero-order valence-corrected chi connectivity index (χ0v) is 19.8. The van der Waals surface area contributed by atoms with Crippen molar-refractivity contribution in [2.45, 2.75) is 22.3 Å². The fraction of sp³-hybridized carbons (Fsp3) is 0.273. The minimum absolute atomic E-state index is 0.158. The van der Waals surface area contributed by atoms with Crippen molar-refractivity contribution in [1.82, 2.24) is 24.5 Å². The van der Waals surface area contributed by atoms with Crippen LogP contribution in [0.4, 0.5) is 0 Å². The molecular formula is C22H21N5O5S2. The minimum atomic E-state index is -3.65. The number of sulfonamides is 1. The molecule has 2 aromatic heterocycles. The van der Waals surface area contributed by atoms with E-state index in [1.54, 1.807) is 36.4 Å². The number of fused-ring (bicyclic) bond motifs is 1. The molecule has 0 spiro atoms. The second-order valence-electron chi connectivity index (χ2n) is 7.65. The maximum absolute atomic E-state index is 13.0. The Hall–Kier alpha value is -3.06. The molecule has 0 radical (unpaired) electrons. The van der Waals surface area contributed by atoms with E-state index < -0.39 is 10.0 Å². The van der Waals surface area contributed by atoms with E-state index in [4.69, 9.17) is 9.15 Å². The number of ether oxygens (including phenoxy) is 1. The van der Waals surface area contributed by atoms with Crippen LogP contribution in [0.3, 0.4) is 0 Å². The van der Waals surface area contributed by atoms with Crippen LogP contribution in [0.1, 0.15) is 18.0 Å². The molecule has 3 heterocycles. The Morgan fingerprint density at radius 2 is 1.88 bits per heavy atom. The highest BCUT2D eigenvalue weighted by Crippen LogP contribution is 2.34. The summed E-state index contributed by atoms with van der Waals surface area (Å²) in [6.07, 6.45) is 0. The smallest absolute Gasteiger partial charge is 0.277 e. The number of morpholine rings is 1. The summed E-state index contributed by atoms with van der Waals surface area (Å²) in [4.78, 5) is 19.9. The molecule has 0 amide bonds. The lowest BCUT2D eigenvalue weighted by Crippen LogP contribution is -2.40. The SMILES string of the molecule is CC(Sc1nnc(-c2cccc(S(=O)(=O)N3CCOCC3)c2)o1)c1nc2ccccc2c(=O)[nH]1. The first kappa shape index (κ1) is 22.7. The van der Waals surface area contributed by atoms with Gasteiger partial charge in [-0.3, -0.25) is 4.79 Å². The van der Waals surface area contributed by atoms with Crippen LogP contribution in [0.15, 0.2) is 67.9 Å². The number of aromatic nitrogens is 4. The third-order valence-corrected chi connectivity index (χ3v) is 8.23. The van der Waals surface area contributed by atoms with Crippen LogP contribution in [-0.4, -0.2) is 59.2 Å². The molecule has 1 saturated heterocycles. The lowest BCUT2D eigenvalue weighted by Gasteiger charge is -2.26. The molecule has 1 N–H and O–H groups in total. The average molecular weight is 500 g/mol. The van der Waals surface area contributed by atoms with Gasteiger partial charge >= 0.3 is 0 Å². The zero-order valence-electron chi connectivity index (χ0n) is 18.2. The molecule has 0 aliphatic carbocycles. The van der Waals surface area contributed by atoms with Crippen molar-refractivity contribution < 1.29 is 17.6 Å². The van der Waals surface area contributed by atoms with E-state index in [0.717, 1.165) is 0 Å². The summed E-state index contributed by atoms with van der Waals surface area (Å²) in [6, 6.07) is 13.6. The topological polar surface area (TPSA) is 131 Å². The monoisotopic (exact) mass is 499 g/mol. The summed E-state index contributed by atoms with van der Waals surface area (Å²) in [5, 5.41) is 8.69. The summed E-state index contributed by atoms with van der Waals surface area (Å²) in [5.74, 6) is 0.695. The van der Waals surface area contributed by atoms with Crippen molar-refractivity contribution in [3.8, 4) is 11.5 Å². The van der Waals surface area contributed by atoms with Gasteiger partial charge in [0, 0.05) is 18.7 Å². The summed E-state index contributed by atoms with van der Waals surface area (Å²) < 4.78 is 38.4. The van der Waals surface area contributed by atoms with Crippen molar-refractivity contribution in [2.24, 2.45) is 0 Å². The first-order valence-electron chi connectivity index (χ1n) is 10.6. The molecule has 4 aromatic rings. The van der Waals surface area contributed by atoms with Crippen LogP contribution in [0.25, 0.3) is 22.4 Å². The van der Waals surface area contributed by atoms with Gasteiger partial charge in [-0.15, -0.1) is 10.2 Å². The van der Waals surface area contributed by atoms with Crippen LogP contribution in [0.2, 0.25) is 0 Å². The third-order valence-electron chi connectivity index (χ3n) is 5.39. The molecule has 5 rings (SSSR count). The molecule has 1 atom stereocenters. The number of para-hydroxylation sites is 1. The average Bonchev–Trinajstić information content (AvgIpc) is 3.33. The van der Waals surface area contributed by atoms with Gasteiger partial charge in [0.15, 0.2) is 0 Å². The molecule has 2 aromatic carbocycles. The van der Waals surface area contributed by atoms with Gasteiger partial charge in [-0.25, -0.2) is 13.4 Å². The number of hydrogen-bond acceptors (Lipinski definition) is 9. The number of aromatic amines is 1. The molecule has 0 bridgehead atoms. The number of nitrogens with one attached hydrogen (secondary N) is 1. The van der Waals surface area contributed by atoms with Gasteiger partial charge < -0.3 is 14.1 Å². The maximum atomic E-state index is 13.0. The fourth-order valence-electron chi connectivity index (χ4n) is 3.60. The van der Waals surface area contributed by atoms with Crippen molar-refractivity contribution in [2.75, 3.05) is 26.3 Å². The highest BCUT2D eigenvalue weighted by Gasteiger charge is 2.27. The zero-order chi connectivity index (χ0) is 23.7. The molecular weight excluding hydrogens is 478 g/mol. The number of nitrogens with zero attached hydrogens (tertiary/aromatic N) is 4. The van der Waals surface area contributed by atoms with Gasteiger partial charge in [-0.1, -0.05) is 30.0 Å². The molecule has 1 aliphatic heterocycles. The standard InChI is InChI=1S/C22H21N5O5S2/c1-14(19-23-18-8-3-2-7-17(18)20(28)24-19)33-22-26-25-21(32-22)15-5-4-6-16(13-15)34(29,30)27-9-11-31-12-10-27/h2-8,13-14H,9-12H2,1H3,(H,23,24,28). The fourth-order valence-corrected chi connectivity index (χ4v) is 5.80. The summed E-state index contributed by atoms with van der Waals surface area (Å²) >= 11 is 1.25. The van der Waals surface area contributed by atoms with Crippen LogP contribution in [0, 0.1) is 0 Å². The van der Waals surface area contributed by atoms with E-state index in [2.05, 4.69) is 20.2 Å². The number of hydrogen-bond donors (Lipinski definition) is 1. The second kappa shape index (κ2) is 9.29. The van der Waals surface area contributed by atoms with Gasteiger partial charge in [-0.2, -0.15) is 4.31 Å². The van der Waals surface area contributed by atoms with Crippen LogP contribution in [0.5, 0.6) is 0 Å². The Kier molecular flexibility index (Phi) is 6.21. The molecule has 12 heteroatoms. The Morgan fingerprint density at radius 1 is 1.09 bits per heavy atom. The van der Waals surface area contributed by atoms with Crippen molar-refractivity contribution in [3.63, 3.8) is 0 Å². The molecule has 1 fully saturated rings. The Balaban J connectivity index is 1.36. The quantitative estimate of drug-likeness (QED) is 0.398. The van der Waals surface area contributed by atoms with E-state index in [0.29, 0.717) is 48.6 Å². The second-order valence-corrected chi connectivity index (χ2v) is 10.9. The number of H-pyrrole nitrogens is 1. The first-order valence-corrected chi connectivity index (χ1v) is 12.9. The van der Waals surface area contributed by atoms with Gasteiger partial charge in [0.05, 0.1) is 34.3 Å². The summed E-state index contributed by atoms with van der Waals surface area (Å²) in [6.45, 7) is 3.25. The molecule has 176 valence electrons. The Morgan fingerprint density at radius 3 is 2.71 bits per heavy atom. The van der Waals surface area contributed by atoms with Crippen LogP contribution < -0.4 is 5.56 Å². The molecule has 0 saturated carbocycles. The van der Waals surface area contributed by atoms with Crippen molar-refractivity contribution in [3.05, 3.63) is 64.7 Å². The van der Waals surface area contributed by atoms with E-state index in [1.165, 1.54) is 22.1 Å². The van der Waals surface area contributed by atoms with Gasteiger partial charge in [0.25, 0.3) is 10.8 Å². The van der Waals surface area contributed by atoms with Gasteiger partial charge in [0.2, 0.25) is 15.9 Å². The normalized spacial score (nSPS) is 16.0. The van der Waals surface area contributed by atoms with E-state index in [-0.39, 0.29) is 26.8 Å². The lowest BCUT2D eigenvalue weighted by molar-refractivity contribution is 0.0730. The van der Waals surface area contributed by atoms with Gasteiger partial charge in [-0.05, 0) is 37.3 Å². The number of thioether (sulfide) groups is 1. The molecule has 34 heavy (non-hydrogen) atoms. The third kappa shape index (κ3) is 4.49. The largest absolute Gasteiger partial charge is 0.411 e. The summed E-state index contributed by atoms with van der Waals surface area (Å²) in [5.41, 5.74) is 0.898. The van der Waals surface area contributed by atoms with Crippen LogP contribution >= 0.6 is 11.8 Å². The van der Waals surface area contributed by atoms with E-state index >= 15 is 0 Å². The molecule has 1 aliphatic rings. The van der Waals surface area contributed by atoms with Gasteiger partial charge in [0.1, 0.15) is 5.82 Å². The Labute approximate surface area is 199 Å². The predicted molar refractivity (Wildman–Crippen MR) is 126 cm³/mol. The maximum Gasteiger partial charge on any atom is 0.277 e. The number of rotatable bonds is 6. The van der Waals surface area contributed by atoms with Crippen molar-refractivity contribution >= 4 is 32.7 Å². The summed E-state index contributed by atoms with van der Waals surface area (Å²) in [7, 11) is -3.65. The highest BCUT2D eigenvalue weighted by atomic mass is 32.2. The molecule has 1 unspecified atom stereocenters.